The Labute approximate surface area is 305 Å². The molecule has 3 saturated carbocycles. The Bertz CT molecular complexity index is 1050. The lowest BCUT2D eigenvalue weighted by molar-refractivity contribution is -0.151. The number of carbonyl (C=O) groups is 1. The normalized spacial score (nSPS) is 31.9. The number of fused-ring (bicyclic) bond motifs is 5. The highest BCUT2D eigenvalue weighted by atomic mass is 16.5. The molecule has 2 heteroatoms. The van der Waals surface area contributed by atoms with Gasteiger partial charge in [-0.2, -0.15) is 0 Å². The fourth-order valence-electron chi connectivity index (χ4n) is 11.4. The van der Waals surface area contributed by atoms with Gasteiger partial charge in [0, 0.05) is 12.8 Å². The molecular weight excluding hydrogens is 597 g/mol. The largest absolute Gasteiger partial charge is 0.462 e. The van der Waals surface area contributed by atoms with E-state index in [0.29, 0.717) is 17.3 Å². The Morgan fingerprint density at radius 2 is 1.49 bits per heavy atom. The quantitative estimate of drug-likeness (QED) is 0.0648. The molecule has 2 nitrogen and oxygen atoms in total. The second-order valence-corrected chi connectivity index (χ2v) is 18.3. The molecule has 3 fully saturated rings. The van der Waals surface area contributed by atoms with Crippen molar-refractivity contribution in [3.8, 4) is 0 Å². The second-order valence-electron chi connectivity index (χ2n) is 18.3. The summed E-state index contributed by atoms with van der Waals surface area (Å²) < 4.78 is 6.13. The van der Waals surface area contributed by atoms with Crippen LogP contribution in [0.1, 0.15) is 202 Å². The predicted molar refractivity (Wildman–Crippen MR) is 212 cm³/mol. The van der Waals surface area contributed by atoms with E-state index < -0.39 is 0 Å². The van der Waals surface area contributed by atoms with Crippen LogP contribution in [0.2, 0.25) is 0 Å². The lowest BCUT2D eigenvalue weighted by Gasteiger charge is -2.58. The number of esters is 1. The van der Waals surface area contributed by atoms with Crippen LogP contribution < -0.4 is 0 Å². The van der Waals surface area contributed by atoms with E-state index >= 15 is 0 Å². The number of carbonyl (C=O) groups excluding carboxylic acids is 1. The molecule has 49 heavy (non-hydrogen) atoms. The Balaban J connectivity index is 1.09. The van der Waals surface area contributed by atoms with Crippen LogP contribution in [0, 0.1) is 46.3 Å². The van der Waals surface area contributed by atoms with Gasteiger partial charge in [0.15, 0.2) is 0 Å². The van der Waals surface area contributed by atoms with E-state index in [2.05, 4.69) is 71.9 Å². The number of ether oxygens (including phenoxy) is 1. The van der Waals surface area contributed by atoms with Crippen LogP contribution in [0.5, 0.6) is 0 Å². The van der Waals surface area contributed by atoms with Crippen molar-refractivity contribution in [2.45, 2.75) is 208 Å². The summed E-state index contributed by atoms with van der Waals surface area (Å²) in [6.45, 7) is 14.9. The number of allylic oxidation sites excluding steroid dienone is 5. The number of hydrogen-bond donors (Lipinski definition) is 0. The third-order valence-corrected chi connectivity index (χ3v) is 14.4. The van der Waals surface area contributed by atoms with Crippen molar-refractivity contribution < 1.29 is 9.53 Å². The average molecular weight is 677 g/mol. The molecule has 0 radical (unpaired) electrons. The van der Waals surface area contributed by atoms with Crippen LogP contribution in [0.25, 0.3) is 0 Å². The SMILES string of the molecule is CCCCC/C=C\C/C=C\CCCCCCCCCC(=O)O[C@H]1CC[C@@]2(C)C(=CC[C@@H]3[C@@H]2CC[C@]2(C)C([C@H](C)CCCC(C)C)CC[C@@H]32)C1. The molecule has 0 spiro atoms. The van der Waals surface area contributed by atoms with E-state index in [9.17, 15) is 4.79 Å². The highest BCUT2D eigenvalue weighted by Gasteiger charge is 2.59. The van der Waals surface area contributed by atoms with Crippen molar-refractivity contribution in [1.29, 1.82) is 0 Å². The molecule has 0 aromatic carbocycles. The molecule has 8 atom stereocenters. The molecule has 4 aliphatic rings. The molecule has 0 aromatic heterocycles. The Morgan fingerprint density at radius 1 is 0.796 bits per heavy atom. The van der Waals surface area contributed by atoms with Crippen LogP contribution in [-0.4, -0.2) is 12.1 Å². The van der Waals surface area contributed by atoms with Crippen molar-refractivity contribution in [3.63, 3.8) is 0 Å². The summed E-state index contributed by atoms with van der Waals surface area (Å²) in [5, 5.41) is 0. The standard InChI is InChI=1S/C47H80O2/c1-7-8-9-10-11-12-13-14-15-16-17-18-19-20-21-22-23-27-45(48)49-40-32-34-46(5)39(36-40)28-29-41-43-31-30-42(38(4)26-24-25-37(2)3)47(43,6)35-33-44(41)46/h11-12,14-15,28,37-38,40-44H,7-10,13,16-27,29-36H2,1-6H3/b12-11-,15-14-/t38-,40+,41+,42?,43+,44+,46+,47-/m1/s1. The van der Waals surface area contributed by atoms with Gasteiger partial charge in [0.2, 0.25) is 0 Å². The van der Waals surface area contributed by atoms with Crippen molar-refractivity contribution in [3.05, 3.63) is 36.0 Å². The minimum Gasteiger partial charge on any atom is -0.462 e. The van der Waals surface area contributed by atoms with Gasteiger partial charge >= 0.3 is 5.97 Å². The molecule has 0 heterocycles. The van der Waals surface area contributed by atoms with Crippen LogP contribution in [0.3, 0.4) is 0 Å². The fraction of sp³-hybridized carbons (Fsp3) is 0.851. The highest BCUT2D eigenvalue weighted by molar-refractivity contribution is 5.69. The van der Waals surface area contributed by atoms with Crippen LogP contribution >= 0.6 is 0 Å². The number of rotatable bonds is 22. The molecule has 4 rings (SSSR count). The second kappa shape index (κ2) is 20.7. The van der Waals surface area contributed by atoms with Gasteiger partial charge in [-0.05, 0) is 130 Å². The summed E-state index contributed by atoms with van der Waals surface area (Å²) >= 11 is 0. The zero-order chi connectivity index (χ0) is 35.1. The van der Waals surface area contributed by atoms with Gasteiger partial charge in [0.1, 0.15) is 6.10 Å². The molecule has 0 saturated heterocycles. The fourth-order valence-corrected chi connectivity index (χ4v) is 11.4. The van der Waals surface area contributed by atoms with Gasteiger partial charge in [0.25, 0.3) is 0 Å². The van der Waals surface area contributed by atoms with Gasteiger partial charge in [-0.15, -0.1) is 0 Å². The minimum absolute atomic E-state index is 0.0541. The van der Waals surface area contributed by atoms with Gasteiger partial charge in [-0.25, -0.2) is 0 Å². The van der Waals surface area contributed by atoms with E-state index in [1.165, 1.54) is 122 Å². The maximum atomic E-state index is 12.8. The molecule has 0 amide bonds. The topological polar surface area (TPSA) is 26.3 Å². The lowest BCUT2D eigenvalue weighted by atomic mass is 9.47. The van der Waals surface area contributed by atoms with E-state index in [-0.39, 0.29) is 12.1 Å². The molecule has 280 valence electrons. The third kappa shape index (κ3) is 11.6. The summed E-state index contributed by atoms with van der Waals surface area (Å²) in [6, 6.07) is 0. The molecule has 1 unspecified atom stereocenters. The Morgan fingerprint density at radius 3 is 2.20 bits per heavy atom. The molecule has 0 bridgehead atoms. The number of unbranched alkanes of at least 4 members (excludes halogenated alkanes) is 10. The first-order valence-electron chi connectivity index (χ1n) is 21.9. The molecule has 0 N–H and O–H groups in total. The highest BCUT2D eigenvalue weighted by Crippen LogP contribution is 2.67. The van der Waals surface area contributed by atoms with Crippen LogP contribution in [0.4, 0.5) is 0 Å². The van der Waals surface area contributed by atoms with E-state index in [4.69, 9.17) is 4.74 Å². The van der Waals surface area contributed by atoms with Crippen molar-refractivity contribution in [2.24, 2.45) is 46.3 Å². The molecular formula is C47H80O2. The van der Waals surface area contributed by atoms with Crippen molar-refractivity contribution in [1.82, 2.24) is 0 Å². The summed E-state index contributed by atoms with van der Waals surface area (Å²) in [4.78, 5) is 12.8. The lowest BCUT2D eigenvalue weighted by Crippen LogP contribution is -2.51. The molecule has 4 aliphatic carbocycles. The summed E-state index contributed by atoms with van der Waals surface area (Å²) in [5.41, 5.74) is 2.52. The van der Waals surface area contributed by atoms with Gasteiger partial charge in [-0.3, -0.25) is 4.79 Å². The zero-order valence-corrected chi connectivity index (χ0v) is 33.4. The first-order valence-corrected chi connectivity index (χ1v) is 21.9. The van der Waals surface area contributed by atoms with Gasteiger partial charge in [-0.1, -0.05) is 142 Å². The van der Waals surface area contributed by atoms with E-state index in [1.54, 1.807) is 5.57 Å². The Hall–Kier alpha value is -1.31. The van der Waals surface area contributed by atoms with Crippen molar-refractivity contribution >= 4 is 5.97 Å². The van der Waals surface area contributed by atoms with E-state index in [1.807, 2.05) is 0 Å². The summed E-state index contributed by atoms with van der Waals surface area (Å²) in [5.74, 6) is 5.31. The minimum atomic E-state index is 0.0541. The summed E-state index contributed by atoms with van der Waals surface area (Å²) in [6.07, 6.45) is 43.5. The van der Waals surface area contributed by atoms with Gasteiger partial charge < -0.3 is 4.74 Å². The Kier molecular flexibility index (Phi) is 17.1. The monoisotopic (exact) mass is 677 g/mol. The summed E-state index contributed by atoms with van der Waals surface area (Å²) in [7, 11) is 0. The predicted octanol–water partition coefficient (Wildman–Crippen LogP) is 14.5. The van der Waals surface area contributed by atoms with Crippen LogP contribution in [-0.2, 0) is 9.53 Å². The van der Waals surface area contributed by atoms with Crippen molar-refractivity contribution in [2.75, 3.05) is 0 Å². The molecule has 0 aliphatic heterocycles. The zero-order valence-electron chi connectivity index (χ0n) is 33.4. The maximum Gasteiger partial charge on any atom is 0.306 e. The molecule has 0 aromatic rings. The van der Waals surface area contributed by atoms with Crippen LogP contribution in [0.15, 0.2) is 36.0 Å². The first kappa shape index (κ1) is 40.5. The van der Waals surface area contributed by atoms with E-state index in [0.717, 1.165) is 67.6 Å². The average Bonchev–Trinajstić information content (AvgIpc) is 3.43. The smallest absolute Gasteiger partial charge is 0.306 e. The van der Waals surface area contributed by atoms with Gasteiger partial charge in [0.05, 0.1) is 0 Å². The maximum absolute atomic E-state index is 12.8. The first-order chi connectivity index (χ1) is 23.7. The third-order valence-electron chi connectivity index (χ3n) is 14.4. The number of hydrogen-bond acceptors (Lipinski definition) is 2.